The molecule has 0 bridgehead atoms. The Morgan fingerprint density at radius 2 is 2.24 bits per heavy atom. The van der Waals surface area contributed by atoms with E-state index in [9.17, 15) is 4.79 Å². The third kappa shape index (κ3) is 3.00. The summed E-state index contributed by atoms with van der Waals surface area (Å²) >= 11 is 3.27. The van der Waals surface area contributed by atoms with E-state index in [4.69, 9.17) is 4.74 Å². The molecule has 0 atom stereocenters. The third-order valence-electron chi connectivity index (χ3n) is 2.49. The second kappa shape index (κ2) is 4.33. The van der Waals surface area contributed by atoms with Crippen LogP contribution < -0.4 is 0 Å². The van der Waals surface area contributed by atoms with E-state index >= 15 is 0 Å². The number of ether oxygens (including phenoxy) is 1. The van der Waals surface area contributed by atoms with Crippen molar-refractivity contribution in [3.63, 3.8) is 0 Å². The molecule has 0 aromatic carbocycles. The van der Waals surface area contributed by atoms with Gasteiger partial charge in [0.25, 0.3) is 0 Å². The molecule has 94 valence electrons. The summed E-state index contributed by atoms with van der Waals surface area (Å²) in [7, 11) is 0. The van der Waals surface area contributed by atoms with Crippen LogP contribution in [0.5, 0.6) is 0 Å². The van der Waals surface area contributed by atoms with Gasteiger partial charge in [-0.1, -0.05) is 0 Å². The first-order valence-electron chi connectivity index (χ1n) is 5.57. The minimum absolute atomic E-state index is 0.271. The number of amides is 1. The van der Waals surface area contributed by atoms with Gasteiger partial charge in [-0.3, -0.25) is 0 Å². The average molecular weight is 302 g/mol. The van der Waals surface area contributed by atoms with Crippen LogP contribution >= 0.6 is 16.1 Å². The molecular formula is C11H16BrN3O2. The number of carbonyl (C=O) groups excluding carboxylic acids is 1. The molecule has 2 heterocycles. The van der Waals surface area contributed by atoms with E-state index in [1.165, 1.54) is 5.56 Å². The van der Waals surface area contributed by atoms with E-state index in [0.29, 0.717) is 13.1 Å². The quantitative estimate of drug-likeness (QED) is 0.739. The fourth-order valence-electron chi connectivity index (χ4n) is 1.75. The van der Waals surface area contributed by atoms with E-state index < -0.39 is 5.60 Å². The predicted octanol–water partition coefficient (Wildman–Crippen LogP) is 2.33. The topological polar surface area (TPSA) is 47.4 Å². The van der Waals surface area contributed by atoms with Gasteiger partial charge in [-0.05, 0) is 32.8 Å². The Balaban J connectivity index is 2.05. The van der Waals surface area contributed by atoms with Crippen LogP contribution in [0.4, 0.5) is 4.79 Å². The number of fused-ring (bicyclic) bond motifs is 1. The Bertz CT molecular complexity index is 436. The molecule has 1 aromatic heterocycles. The van der Waals surface area contributed by atoms with Crippen molar-refractivity contribution in [2.24, 2.45) is 0 Å². The summed E-state index contributed by atoms with van der Waals surface area (Å²) in [6, 6.07) is 0. The first-order valence-corrected chi connectivity index (χ1v) is 6.27. The number of rotatable bonds is 0. The van der Waals surface area contributed by atoms with Crippen LogP contribution in [-0.2, 0) is 17.7 Å². The summed E-state index contributed by atoms with van der Waals surface area (Å²) in [4.78, 5) is 13.6. The van der Waals surface area contributed by atoms with Gasteiger partial charge in [-0.2, -0.15) is 5.10 Å². The van der Waals surface area contributed by atoms with Gasteiger partial charge < -0.3 is 9.64 Å². The second-order valence-electron chi connectivity index (χ2n) is 5.14. The zero-order valence-corrected chi connectivity index (χ0v) is 11.8. The second-order valence-corrected chi connectivity index (χ2v) is 5.87. The van der Waals surface area contributed by atoms with Gasteiger partial charge in [0.05, 0.1) is 28.4 Å². The molecule has 2 rings (SSSR count). The number of nitrogens with zero attached hydrogens (tertiary/aromatic N) is 3. The van der Waals surface area contributed by atoms with Crippen LogP contribution in [0.1, 0.15) is 32.0 Å². The first kappa shape index (κ1) is 12.4. The summed E-state index contributed by atoms with van der Waals surface area (Å²) < 4.78 is 6.95. The zero-order chi connectivity index (χ0) is 12.6. The fourth-order valence-corrected chi connectivity index (χ4v) is 2.19. The van der Waals surface area contributed by atoms with Crippen molar-refractivity contribution in [2.45, 2.75) is 39.3 Å². The maximum Gasteiger partial charge on any atom is 0.410 e. The van der Waals surface area contributed by atoms with E-state index in [1.807, 2.05) is 27.0 Å². The fraction of sp³-hybridized carbons (Fsp3) is 0.636. The average Bonchev–Trinajstić information content (AvgIpc) is 2.53. The minimum Gasteiger partial charge on any atom is -0.444 e. The monoisotopic (exact) mass is 301 g/mol. The summed E-state index contributed by atoms with van der Waals surface area (Å²) in [5.41, 5.74) is 1.66. The standard InChI is InChI=1S/C11H16BrN3O2/c1-11(2,3)17-10(16)14-5-4-8-6-15(12)13-9(8)7-14/h6H,4-5,7H2,1-3H3. The van der Waals surface area contributed by atoms with Gasteiger partial charge in [0.1, 0.15) is 5.60 Å². The number of carbonyl (C=O) groups is 1. The van der Waals surface area contributed by atoms with Crippen molar-refractivity contribution >= 4 is 22.2 Å². The predicted molar refractivity (Wildman–Crippen MR) is 66.9 cm³/mol. The van der Waals surface area contributed by atoms with E-state index in [2.05, 4.69) is 21.2 Å². The van der Waals surface area contributed by atoms with Gasteiger partial charge in [-0.25, -0.2) is 8.50 Å². The minimum atomic E-state index is -0.452. The molecule has 0 unspecified atom stereocenters. The molecule has 5 nitrogen and oxygen atoms in total. The number of aromatic nitrogens is 2. The number of hydrogen-bond donors (Lipinski definition) is 0. The lowest BCUT2D eigenvalue weighted by Gasteiger charge is -2.29. The Kier molecular flexibility index (Phi) is 3.16. The largest absolute Gasteiger partial charge is 0.444 e. The molecule has 17 heavy (non-hydrogen) atoms. The van der Waals surface area contributed by atoms with Crippen molar-refractivity contribution in [1.82, 2.24) is 13.7 Å². The highest BCUT2D eigenvalue weighted by Crippen LogP contribution is 2.20. The highest BCUT2D eigenvalue weighted by molar-refractivity contribution is 9.08. The van der Waals surface area contributed by atoms with Crippen LogP contribution in [-0.4, -0.2) is 31.9 Å². The molecule has 0 aliphatic carbocycles. The van der Waals surface area contributed by atoms with Crippen molar-refractivity contribution in [3.8, 4) is 0 Å². The number of hydrogen-bond acceptors (Lipinski definition) is 3. The van der Waals surface area contributed by atoms with Crippen LogP contribution in [0.15, 0.2) is 6.20 Å². The highest BCUT2D eigenvalue weighted by atomic mass is 79.9. The van der Waals surface area contributed by atoms with Crippen molar-refractivity contribution in [2.75, 3.05) is 6.54 Å². The summed E-state index contributed by atoms with van der Waals surface area (Å²) in [5.74, 6) is 0. The van der Waals surface area contributed by atoms with E-state index in [1.54, 1.807) is 8.61 Å². The molecule has 0 spiro atoms. The summed E-state index contributed by atoms with van der Waals surface area (Å²) in [6.07, 6.45) is 2.48. The van der Waals surface area contributed by atoms with E-state index in [0.717, 1.165) is 12.1 Å². The van der Waals surface area contributed by atoms with Crippen LogP contribution in [0, 0.1) is 0 Å². The summed E-state index contributed by atoms with van der Waals surface area (Å²) in [5, 5.41) is 4.26. The van der Waals surface area contributed by atoms with Crippen LogP contribution in [0.2, 0.25) is 0 Å². The zero-order valence-electron chi connectivity index (χ0n) is 10.2. The molecule has 1 amide bonds. The molecule has 1 aromatic rings. The third-order valence-corrected chi connectivity index (χ3v) is 2.86. The van der Waals surface area contributed by atoms with Gasteiger partial charge in [0, 0.05) is 12.7 Å². The SMILES string of the molecule is CC(C)(C)OC(=O)N1CCc2cn(Br)nc2C1. The van der Waals surface area contributed by atoms with Crippen molar-refractivity contribution in [1.29, 1.82) is 0 Å². The van der Waals surface area contributed by atoms with Crippen molar-refractivity contribution < 1.29 is 9.53 Å². The summed E-state index contributed by atoms with van der Waals surface area (Å²) in [6.45, 7) is 6.80. The molecular weight excluding hydrogens is 286 g/mol. The molecule has 1 aliphatic heterocycles. The Morgan fingerprint density at radius 1 is 1.53 bits per heavy atom. The molecule has 0 fully saturated rings. The lowest BCUT2D eigenvalue weighted by molar-refractivity contribution is 0.0221. The molecule has 0 saturated carbocycles. The lowest BCUT2D eigenvalue weighted by atomic mass is 10.1. The smallest absolute Gasteiger partial charge is 0.410 e. The Morgan fingerprint density at radius 3 is 2.88 bits per heavy atom. The molecule has 0 saturated heterocycles. The Labute approximate surface area is 109 Å². The van der Waals surface area contributed by atoms with Gasteiger partial charge >= 0.3 is 6.09 Å². The van der Waals surface area contributed by atoms with E-state index in [-0.39, 0.29) is 6.09 Å². The first-order chi connectivity index (χ1) is 7.85. The van der Waals surface area contributed by atoms with Gasteiger partial charge in [0.15, 0.2) is 0 Å². The van der Waals surface area contributed by atoms with Gasteiger partial charge in [0.2, 0.25) is 0 Å². The maximum atomic E-state index is 11.9. The Hall–Kier alpha value is -1.04. The lowest BCUT2D eigenvalue weighted by Crippen LogP contribution is -2.39. The molecule has 1 aliphatic rings. The van der Waals surface area contributed by atoms with Crippen LogP contribution in [0.25, 0.3) is 0 Å². The van der Waals surface area contributed by atoms with Gasteiger partial charge in [-0.15, -0.1) is 0 Å². The molecule has 0 radical (unpaired) electrons. The molecule has 0 N–H and O–H groups in total. The molecule has 6 heteroatoms. The highest BCUT2D eigenvalue weighted by Gasteiger charge is 2.27. The van der Waals surface area contributed by atoms with Crippen molar-refractivity contribution in [3.05, 3.63) is 17.5 Å². The normalized spacial score (nSPS) is 15.6. The number of halogens is 1. The van der Waals surface area contributed by atoms with Crippen LogP contribution in [0.3, 0.4) is 0 Å². The maximum absolute atomic E-state index is 11.9.